The first-order chi connectivity index (χ1) is 12.6. The van der Waals surface area contributed by atoms with Crippen LogP contribution in [0, 0.1) is 0 Å². The first-order valence-corrected chi connectivity index (χ1v) is 9.33. The molecule has 2 aliphatic rings. The number of carbonyl (C=O) groups excluding carboxylic acids is 1. The molecular formula is C20H24N4O2. The number of rotatable bonds is 3. The summed E-state index contributed by atoms with van der Waals surface area (Å²) in [6, 6.07) is 9.92. The molecule has 1 amide bonds. The number of aryl methyl sites for hydroxylation is 2. The van der Waals surface area contributed by atoms with E-state index in [0.717, 1.165) is 43.4 Å². The summed E-state index contributed by atoms with van der Waals surface area (Å²) in [7, 11) is 0. The summed E-state index contributed by atoms with van der Waals surface area (Å²) >= 11 is 0. The average molecular weight is 352 g/mol. The van der Waals surface area contributed by atoms with E-state index in [-0.39, 0.29) is 30.1 Å². The molecule has 6 nitrogen and oxygen atoms in total. The maximum Gasteiger partial charge on any atom is 0.267 e. The van der Waals surface area contributed by atoms with Gasteiger partial charge < -0.3 is 11.1 Å². The van der Waals surface area contributed by atoms with Crippen molar-refractivity contribution in [1.29, 1.82) is 0 Å². The monoisotopic (exact) mass is 352 g/mol. The molecule has 1 aromatic carbocycles. The van der Waals surface area contributed by atoms with Crippen molar-refractivity contribution in [2.45, 2.75) is 57.2 Å². The second-order valence-corrected chi connectivity index (χ2v) is 7.33. The standard InChI is InChI=1S/C20H24N4O2/c21-15-8-9-17-14(10-15)11-20(26)24(23-17)12-19(25)22-18-7-3-5-13-4-1-2-6-16(13)18/h1-2,4,6,11,15,18H,3,5,7-10,12,21H2,(H,22,25). The summed E-state index contributed by atoms with van der Waals surface area (Å²) in [6.07, 6.45) is 5.34. The molecule has 2 aromatic rings. The highest BCUT2D eigenvalue weighted by Crippen LogP contribution is 2.29. The minimum absolute atomic E-state index is 0.0128. The lowest BCUT2D eigenvalue weighted by Gasteiger charge is -2.26. The van der Waals surface area contributed by atoms with Gasteiger partial charge >= 0.3 is 0 Å². The largest absolute Gasteiger partial charge is 0.348 e. The van der Waals surface area contributed by atoms with Gasteiger partial charge in [-0.25, -0.2) is 4.68 Å². The van der Waals surface area contributed by atoms with E-state index < -0.39 is 0 Å². The van der Waals surface area contributed by atoms with Gasteiger partial charge in [-0.1, -0.05) is 24.3 Å². The number of nitrogens with two attached hydrogens (primary N) is 1. The maximum absolute atomic E-state index is 12.5. The smallest absolute Gasteiger partial charge is 0.267 e. The van der Waals surface area contributed by atoms with Crippen molar-refractivity contribution in [2.24, 2.45) is 5.73 Å². The van der Waals surface area contributed by atoms with Crippen LogP contribution in [-0.4, -0.2) is 21.7 Å². The number of carbonyl (C=O) groups is 1. The maximum atomic E-state index is 12.5. The zero-order valence-electron chi connectivity index (χ0n) is 14.8. The van der Waals surface area contributed by atoms with E-state index in [2.05, 4.69) is 22.5 Å². The van der Waals surface area contributed by atoms with Gasteiger partial charge in [-0.3, -0.25) is 9.59 Å². The fourth-order valence-electron chi connectivity index (χ4n) is 4.05. The number of benzene rings is 1. The van der Waals surface area contributed by atoms with Crippen molar-refractivity contribution in [3.8, 4) is 0 Å². The molecule has 1 aromatic heterocycles. The Kier molecular flexibility index (Phi) is 4.59. The lowest BCUT2D eigenvalue weighted by atomic mass is 9.88. The molecule has 0 fully saturated rings. The molecule has 0 aliphatic heterocycles. The van der Waals surface area contributed by atoms with Crippen molar-refractivity contribution in [2.75, 3.05) is 0 Å². The molecule has 0 bridgehead atoms. The van der Waals surface area contributed by atoms with Crippen LogP contribution >= 0.6 is 0 Å². The lowest BCUT2D eigenvalue weighted by molar-refractivity contribution is -0.122. The van der Waals surface area contributed by atoms with Crippen LogP contribution in [-0.2, 0) is 30.6 Å². The molecule has 26 heavy (non-hydrogen) atoms. The number of hydrogen-bond acceptors (Lipinski definition) is 4. The highest BCUT2D eigenvalue weighted by atomic mass is 16.2. The number of nitrogens with one attached hydrogen (secondary N) is 1. The Balaban J connectivity index is 1.49. The number of nitrogens with zero attached hydrogens (tertiary/aromatic N) is 2. The van der Waals surface area contributed by atoms with E-state index in [1.165, 1.54) is 15.8 Å². The number of fused-ring (bicyclic) bond motifs is 2. The summed E-state index contributed by atoms with van der Waals surface area (Å²) < 4.78 is 1.28. The highest BCUT2D eigenvalue weighted by Gasteiger charge is 2.23. The Morgan fingerprint density at radius 3 is 2.96 bits per heavy atom. The quantitative estimate of drug-likeness (QED) is 0.870. The predicted molar refractivity (Wildman–Crippen MR) is 98.8 cm³/mol. The van der Waals surface area contributed by atoms with Crippen LogP contribution in [0.5, 0.6) is 0 Å². The van der Waals surface area contributed by atoms with Gasteiger partial charge in [0.25, 0.3) is 5.56 Å². The molecule has 3 N–H and O–H groups in total. The first kappa shape index (κ1) is 17.0. The first-order valence-electron chi connectivity index (χ1n) is 9.33. The molecule has 0 spiro atoms. The van der Waals surface area contributed by atoms with Crippen molar-refractivity contribution >= 4 is 5.91 Å². The van der Waals surface area contributed by atoms with Gasteiger partial charge in [0.2, 0.25) is 5.91 Å². The Morgan fingerprint density at radius 2 is 2.08 bits per heavy atom. The normalized spacial score (nSPS) is 21.6. The van der Waals surface area contributed by atoms with Crippen LogP contribution in [0.15, 0.2) is 35.1 Å². The summed E-state index contributed by atoms with van der Waals surface area (Å²) in [5.41, 5.74) is 10.0. The average Bonchev–Trinajstić information content (AvgIpc) is 2.63. The Hall–Kier alpha value is -2.47. The van der Waals surface area contributed by atoms with Gasteiger partial charge in [0.1, 0.15) is 6.54 Å². The molecule has 2 unspecified atom stereocenters. The molecule has 0 saturated carbocycles. The van der Waals surface area contributed by atoms with Crippen LogP contribution in [0.1, 0.15) is 47.7 Å². The predicted octanol–water partition coefficient (Wildman–Crippen LogP) is 1.25. The molecule has 1 heterocycles. The van der Waals surface area contributed by atoms with E-state index in [9.17, 15) is 9.59 Å². The molecule has 136 valence electrons. The SMILES string of the molecule is NC1CCc2nn(CC(=O)NC3CCCc4ccccc43)c(=O)cc2C1. The van der Waals surface area contributed by atoms with Crippen molar-refractivity contribution in [3.05, 3.63) is 63.1 Å². The van der Waals surface area contributed by atoms with Crippen LogP contribution in [0.25, 0.3) is 0 Å². The van der Waals surface area contributed by atoms with Crippen molar-refractivity contribution < 1.29 is 4.79 Å². The molecule has 2 atom stereocenters. The topological polar surface area (TPSA) is 90.0 Å². The number of hydrogen-bond donors (Lipinski definition) is 2. The van der Waals surface area contributed by atoms with Crippen LogP contribution in [0.3, 0.4) is 0 Å². The van der Waals surface area contributed by atoms with E-state index in [1.54, 1.807) is 6.07 Å². The lowest BCUT2D eigenvalue weighted by Crippen LogP contribution is -2.38. The minimum atomic E-state index is -0.239. The Bertz CT molecular complexity index is 890. The second kappa shape index (κ2) is 7.03. The fourth-order valence-corrected chi connectivity index (χ4v) is 4.05. The minimum Gasteiger partial charge on any atom is -0.348 e. The highest BCUT2D eigenvalue weighted by molar-refractivity contribution is 5.76. The molecular weight excluding hydrogens is 328 g/mol. The fraction of sp³-hybridized carbons (Fsp3) is 0.450. The summed E-state index contributed by atoms with van der Waals surface area (Å²) in [6.45, 7) is -0.0448. The van der Waals surface area contributed by atoms with Crippen LogP contribution in [0.4, 0.5) is 0 Å². The van der Waals surface area contributed by atoms with Crippen molar-refractivity contribution in [3.63, 3.8) is 0 Å². The number of amides is 1. The number of aromatic nitrogens is 2. The molecule has 6 heteroatoms. The molecule has 2 aliphatic carbocycles. The third kappa shape index (κ3) is 3.42. The third-order valence-electron chi connectivity index (χ3n) is 5.40. The summed E-state index contributed by atoms with van der Waals surface area (Å²) in [5.74, 6) is -0.172. The van der Waals surface area contributed by atoms with Gasteiger partial charge in [0.15, 0.2) is 0 Å². The van der Waals surface area contributed by atoms with E-state index in [1.807, 2.05) is 12.1 Å². The zero-order valence-corrected chi connectivity index (χ0v) is 14.8. The zero-order chi connectivity index (χ0) is 18.1. The van der Waals surface area contributed by atoms with Crippen LogP contribution < -0.4 is 16.6 Å². The molecule has 4 rings (SSSR count). The van der Waals surface area contributed by atoms with Gasteiger partial charge in [0.05, 0.1) is 11.7 Å². The summed E-state index contributed by atoms with van der Waals surface area (Å²) in [5, 5.41) is 7.49. The summed E-state index contributed by atoms with van der Waals surface area (Å²) in [4.78, 5) is 24.8. The Labute approximate surface area is 152 Å². The van der Waals surface area contributed by atoms with E-state index in [0.29, 0.717) is 6.42 Å². The van der Waals surface area contributed by atoms with E-state index >= 15 is 0 Å². The van der Waals surface area contributed by atoms with E-state index in [4.69, 9.17) is 5.73 Å². The third-order valence-corrected chi connectivity index (χ3v) is 5.40. The Morgan fingerprint density at radius 1 is 1.23 bits per heavy atom. The van der Waals surface area contributed by atoms with Gasteiger partial charge in [-0.05, 0) is 55.2 Å². The van der Waals surface area contributed by atoms with Crippen LogP contribution in [0.2, 0.25) is 0 Å². The molecule has 0 radical (unpaired) electrons. The van der Waals surface area contributed by atoms with Gasteiger partial charge in [0, 0.05) is 12.1 Å². The second-order valence-electron chi connectivity index (χ2n) is 7.33. The van der Waals surface area contributed by atoms with Crippen molar-refractivity contribution in [1.82, 2.24) is 15.1 Å². The van der Waals surface area contributed by atoms with Gasteiger partial charge in [-0.2, -0.15) is 5.10 Å². The van der Waals surface area contributed by atoms with Gasteiger partial charge in [-0.15, -0.1) is 0 Å². The molecule has 0 saturated heterocycles.